The third kappa shape index (κ3) is 4.06. The van der Waals surface area contributed by atoms with Crippen LogP contribution in [0, 0.1) is 6.92 Å². The van der Waals surface area contributed by atoms with Crippen LogP contribution in [-0.2, 0) is 19.1 Å². The fourth-order valence-corrected chi connectivity index (χ4v) is 1.74. The number of nitrogens with zero attached hydrogens (tertiary/aromatic N) is 2. The van der Waals surface area contributed by atoms with Crippen molar-refractivity contribution < 1.29 is 24.2 Å². The van der Waals surface area contributed by atoms with E-state index in [2.05, 4.69) is 14.8 Å². The monoisotopic (exact) mass is 282 g/mol. The van der Waals surface area contributed by atoms with E-state index in [9.17, 15) is 9.59 Å². The van der Waals surface area contributed by atoms with Gasteiger partial charge in [-0.3, -0.25) is 0 Å². The van der Waals surface area contributed by atoms with Crippen molar-refractivity contribution in [2.45, 2.75) is 26.4 Å². The van der Waals surface area contributed by atoms with Crippen LogP contribution in [0.4, 0.5) is 0 Å². The molecule has 0 aliphatic carbocycles. The maximum atomic E-state index is 11.2. The van der Waals surface area contributed by atoms with Crippen LogP contribution in [0.3, 0.4) is 0 Å². The van der Waals surface area contributed by atoms with Gasteiger partial charge < -0.3 is 14.6 Å². The van der Waals surface area contributed by atoms with Gasteiger partial charge in [0.05, 0.1) is 5.01 Å². The molecular weight excluding hydrogens is 271 g/mol. The first kappa shape index (κ1) is 15.2. The molecule has 1 heterocycles. The molecule has 1 aromatic heterocycles. The molecule has 1 rings (SSSR count). The van der Waals surface area contributed by atoms with E-state index in [0.717, 1.165) is 0 Å². The Kier molecular flexibility index (Phi) is 5.49. The average molecular weight is 282 g/mol. The van der Waals surface area contributed by atoms with E-state index in [-0.39, 0.29) is 17.8 Å². The van der Waals surface area contributed by atoms with Gasteiger partial charge in [0, 0.05) is 5.38 Å². The molecule has 9 heteroatoms. The summed E-state index contributed by atoms with van der Waals surface area (Å²) in [4.78, 5) is 31.1. The molecule has 0 spiro atoms. The van der Waals surface area contributed by atoms with Gasteiger partial charge in [-0.1, -0.05) is 12.1 Å². The van der Waals surface area contributed by atoms with Crippen LogP contribution >= 0.6 is 11.3 Å². The zero-order valence-corrected chi connectivity index (χ0v) is 11.1. The molecule has 0 saturated carbocycles. The Morgan fingerprint density at radius 2 is 2.32 bits per heavy atom. The lowest BCUT2D eigenvalue weighted by Gasteiger charge is -2.10. The van der Waals surface area contributed by atoms with Gasteiger partial charge in [-0.2, -0.15) is 0 Å². The molecule has 19 heavy (non-hydrogen) atoms. The lowest BCUT2D eigenvalue weighted by Crippen LogP contribution is -2.25. The Morgan fingerprint density at radius 1 is 1.63 bits per heavy atom. The summed E-state index contributed by atoms with van der Waals surface area (Å²) >= 11 is 1.28. The minimum atomic E-state index is -1.30. The minimum absolute atomic E-state index is 0.172. The predicted molar refractivity (Wildman–Crippen MR) is 68.0 cm³/mol. The number of rotatable bonds is 6. The lowest BCUT2D eigenvalue weighted by atomic mass is 10.3. The summed E-state index contributed by atoms with van der Waals surface area (Å²) in [6, 6.07) is 0. The van der Waals surface area contributed by atoms with Crippen LogP contribution in [0.5, 0.6) is 0 Å². The van der Waals surface area contributed by atoms with E-state index < -0.39 is 18.0 Å². The van der Waals surface area contributed by atoms with Crippen LogP contribution in [0.2, 0.25) is 0 Å². The molecular formula is C10H11BN2O5S. The summed E-state index contributed by atoms with van der Waals surface area (Å²) in [5.74, 6) is -2.13. The average Bonchev–Trinajstić information content (AvgIpc) is 2.79. The second kappa shape index (κ2) is 6.88. The number of aliphatic carboxylic acids is 1. The Balaban J connectivity index is 2.91. The normalized spacial score (nSPS) is 12.8. The van der Waals surface area contributed by atoms with E-state index in [1.54, 1.807) is 13.8 Å². The Morgan fingerprint density at radius 3 is 2.74 bits per heavy atom. The molecule has 0 aliphatic heterocycles. The largest absolute Gasteiger partial charge is 0.541 e. The summed E-state index contributed by atoms with van der Waals surface area (Å²) in [5, 5.41) is 14.7. The van der Waals surface area contributed by atoms with Crippen molar-refractivity contribution in [3.63, 3.8) is 0 Å². The smallest absolute Gasteiger partial charge is 0.378 e. The number of carbonyl (C=O) groups is 2. The number of hydrogen-bond donors (Lipinski definition) is 1. The maximum Gasteiger partial charge on any atom is 0.378 e. The second-order valence-corrected chi connectivity index (χ2v) is 4.50. The van der Waals surface area contributed by atoms with Gasteiger partial charge in [-0.05, 0) is 13.3 Å². The molecule has 0 aromatic carbocycles. The fraction of sp³-hybridized carbons (Fsp3) is 0.400. The predicted octanol–water partition coefficient (Wildman–Crippen LogP) is 0.662. The van der Waals surface area contributed by atoms with Crippen LogP contribution in [0.25, 0.3) is 0 Å². The van der Waals surface area contributed by atoms with E-state index in [1.165, 1.54) is 16.7 Å². The van der Waals surface area contributed by atoms with Gasteiger partial charge in [0.15, 0.2) is 0 Å². The van der Waals surface area contributed by atoms with Crippen molar-refractivity contribution in [3.05, 3.63) is 16.1 Å². The first-order chi connectivity index (χ1) is 8.99. The summed E-state index contributed by atoms with van der Waals surface area (Å²) in [6.45, 7) is 3.37. The zero-order valence-electron chi connectivity index (χ0n) is 10.3. The van der Waals surface area contributed by atoms with Gasteiger partial charge in [0.25, 0.3) is 0 Å². The molecule has 0 unspecified atom stereocenters. The maximum absolute atomic E-state index is 11.2. The molecule has 1 aromatic rings. The number of hydrogen-bond acceptors (Lipinski definition) is 7. The molecule has 0 saturated heterocycles. The summed E-state index contributed by atoms with van der Waals surface area (Å²) in [6.07, 6.45) is -0.818. The number of carboxylic acid groups (broad SMARTS) is 1. The van der Waals surface area contributed by atoms with Crippen LogP contribution in [0.15, 0.2) is 10.5 Å². The van der Waals surface area contributed by atoms with E-state index in [0.29, 0.717) is 5.01 Å². The second-order valence-electron chi connectivity index (χ2n) is 3.44. The van der Waals surface area contributed by atoms with Gasteiger partial charge in [0.1, 0.15) is 5.69 Å². The number of aromatic nitrogens is 1. The molecule has 1 N–H and O–H groups in total. The Bertz CT molecular complexity index is 502. The van der Waals surface area contributed by atoms with Gasteiger partial charge in [0.2, 0.25) is 11.8 Å². The quantitative estimate of drug-likeness (QED) is 0.467. The molecule has 0 bridgehead atoms. The zero-order chi connectivity index (χ0) is 14.4. The topological polar surface area (TPSA) is 98.1 Å². The number of carbonyl (C=O) groups excluding carboxylic acids is 1. The fourth-order valence-electron chi connectivity index (χ4n) is 1.14. The van der Waals surface area contributed by atoms with Crippen molar-refractivity contribution >= 4 is 37.0 Å². The number of carboxylic acids is 1. The van der Waals surface area contributed by atoms with Crippen molar-refractivity contribution in [1.82, 2.24) is 4.98 Å². The Hall–Kier alpha value is -1.90. The van der Waals surface area contributed by atoms with E-state index in [1.807, 2.05) is 0 Å². The van der Waals surface area contributed by atoms with E-state index in [4.69, 9.17) is 18.0 Å². The van der Waals surface area contributed by atoms with Crippen molar-refractivity contribution in [3.8, 4) is 0 Å². The van der Waals surface area contributed by atoms with E-state index >= 15 is 0 Å². The molecule has 100 valence electrons. The van der Waals surface area contributed by atoms with Crippen molar-refractivity contribution in [1.29, 1.82) is 0 Å². The molecule has 2 radical (unpaired) electrons. The first-order valence-corrected chi connectivity index (χ1v) is 6.17. The van der Waals surface area contributed by atoms with Crippen molar-refractivity contribution in [2.75, 3.05) is 0 Å². The summed E-state index contributed by atoms with van der Waals surface area (Å²) in [7, 11) is 4.72. The minimum Gasteiger partial charge on any atom is -0.541 e. The summed E-state index contributed by atoms with van der Waals surface area (Å²) < 4.78 is 4.01. The molecule has 1 atom stereocenters. The van der Waals surface area contributed by atoms with Gasteiger partial charge in [-0.25, -0.2) is 14.6 Å². The van der Waals surface area contributed by atoms with Crippen LogP contribution < -0.4 is 0 Å². The summed E-state index contributed by atoms with van der Waals surface area (Å²) in [5.41, 5.74) is -0.210. The molecule has 7 nitrogen and oxygen atoms in total. The Labute approximate surface area is 114 Å². The highest BCUT2D eigenvalue weighted by Crippen LogP contribution is 2.10. The molecule has 0 amide bonds. The highest BCUT2D eigenvalue weighted by molar-refractivity contribution is 7.09. The molecule has 0 fully saturated rings. The van der Waals surface area contributed by atoms with Crippen LogP contribution in [-0.4, -0.2) is 41.9 Å². The number of thiazole rings is 1. The highest BCUT2D eigenvalue weighted by atomic mass is 32.1. The number of aryl methyl sites for hydroxylation is 1. The third-order valence-corrected chi connectivity index (χ3v) is 2.86. The number of oxime groups is 1. The van der Waals surface area contributed by atoms with Gasteiger partial charge >= 0.3 is 20.0 Å². The van der Waals surface area contributed by atoms with Gasteiger partial charge in [-0.15, -0.1) is 11.3 Å². The first-order valence-electron chi connectivity index (χ1n) is 5.29. The SMILES string of the molecule is [B]OC(=O)[C@H](CC)O/N=C(\C(=O)O)c1csc(C)n1. The van der Waals surface area contributed by atoms with Crippen LogP contribution in [0.1, 0.15) is 24.0 Å². The molecule has 0 aliphatic rings. The highest BCUT2D eigenvalue weighted by Gasteiger charge is 2.21. The lowest BCUT2D eigenvalue weighted by molar-refractivity contribution is -0.147. The standard InChI is InChI=1S/C10H11BN2O5S/c1-3-7(10(16)17-11)18-13-8(9(14)15)6-4-19-5(2)12-6/h4,7H,3H2,1-2H3,(H,14,15)/b13-8-/t7-/m0/s1. The van der Waals surface area contributed by atoms with Crippen molar-refractivity contribution in [2.24, 2.45) is 5.16 Å². The third-order valence-electron chi connectivity index (χ3n) is 2.09.